The van der Waals surface area contributed by atoms with Crippen LogP contribution in [0.3, 0.4) is 0 Å². The molecule has 2 aromatic rings. The Bertz CT molecular complexity index is 656. The van der Waals surface area contributed by atoms with Gasteiger partial charge in [-0.3, -0.25) is 4.98 Å². The highest BCUT2D eigenvalue weighted by Gasteiger charge is 2.14. The first-order chi connectivity index (χ1) is 13.8. The van der Waals surface area contributed by atoms with Gasteiger partial charge in [-0.2, -0.15) is 0 Å². The third-order valence-corrected chi connectivity index (χ3v) is 5.84. The second-order valence-corrected chi connectivity index (χ2v) is 8.21. The van der Waals surface area contributed by atoms with Crippen molar-refractivity contribution in [1.82, 2.24) is 4.98 Å². The molecule has 1 aliphatic rings. The Hall–Kier alpha value is -1.83. The molecule has 1 radical (unpaired) electrons. The molecule has 0 atom stereocenters. The lowest BCUT2D eigenvalue weighted by Crippen LogP contribution is -2.15. The summed E-state index contributed by atoms with van der Waals surface area (Å²) < 4.78 is 6.00. The van der Waals surface area contributed by atoms with Crippen LogP contribution < -0.4 is 4.74 Å². The average molecular weight is 379 g/mol. The third kappa shape index (κ3) is 6.96. The van der Waals surface area contributed by atoms with E-state index in [9.17, 15) is 0 Å². The predicted octanol–water partition coefficient (Wildman–Crippen LogP) is 7.42. The van der Waals surface area contributed by atoms with E-state index in [1.165, 1.54) is 69.8 Å². The number of aromatic nitrogens is 1. The minimum absolute atomic E-state index is 0.713. The molecule has 0 N–H and O–H groups in total. The summed E-state index contributed by atoms with van der Waals surface area (Å²) in [6, 6.07) is 12.8. The Morgan fingerprint density at radius 3 is 2.36 bits per heavy atom. The summed E-state index contributed by atoms with van der Waals surface area (Å²) in [5, 5.41) is 0. The summed E-state index contributed by atoms with van der Waals surface area (Å²) in [6.45, 7) is 3.11. The van der Waals surface area contributed by atoms with E-state index in [1.54, 1.807) is 0 Å². The highest BCUT2D eigenvalue weighted by Crippen LogP contribution is 2.25. The number of rotatable bonds is 11. The van der Waals surface area contributed by atoms with Crippen LogP contribution >= 0.6 is 0 Å². The van der Waals surface area contributed by atoms with Crippen molar-refractivity contribution in [3.8, 4) is 17.0 Å². The Morgan fingerprint density at radius 1 is 0.893 bits per heavy atom. The molecular formula is C26H36NO. The van der Waals surface area contributed by atoms with Crippen molar-refractivity contribution in [1.29, 1.82) is 0 Å². The van der Waals surface area contributed by atoms with Gasteiger partial charge in [0.1, 0.15) is 5.75 Å². The average Bonchev–Trinajstić information content (AvgIpc) is 2.76. The van der Waals surface area contributed by atoms with Crippen molar-refractivity contribution in [2.75, 3.05) is 6.61 Å². The van der Waals surface area contributed by atoms with Gasteiger partial charge in [0.05, 0.1) is 12.3 Å². The number of hydrogen-bond acceptors (Lipinski definition) is 2. The zero-order chi connectivity index (χ0) is 19.4. The number of nitrogens with zero attached hydrogens (tertiary/aromatic N) is 1. The van der Waals surface area contributed by atoms with Crippen molar-refractivity contribution in [2.45, 2.75) is 77.6 Å². The molecular weight excluding hydrogens is 342 g/mol. The predicted molar refractivity (Wildman–Crippen MR) is 119 cm³/mol. The van der Waals surface area contributed by atoms with Crippen LogP contribution in [-0.4, -0.2) is 11.6 Å². The molecule has 1 aromatic carbocycles. The molecule has 3 rings (SSSR count). The van der Waals surface area contributed by atoms with E-state index in [4.69, 9.17) is 4.74 Å². The first kappa shape index (κ1) is 20.9. The van der Waals surface area contributed by atoms with Crippen molar-refractivity contribution < 1.29 is 4.74 Å². The minimum atomic E-state index is 0.713. The molecule has 0 unspecified atom stereocenters. The van der Waals surface area contributed by atoms with Gasteiger partial charge < -0.3 is 4.74 Å². The SMILES string of the molecule is CCCCCCCCc1ccc(-c2ccc(OCC3CC[CH]CC3)cc2)nc1. The summed E-state index contributed by atoms with van der Waals surface area (Å²) >= 11 is 0. The summed E-state index contributed by atoms with van der Waals surface area (Å²) in [5.41, 5.74) is 3.55. The van der Waals surface area contributed by atoms with E-state index < -0.39 is 0 Å². The summed E-state index contributed by atoms with van der Waals surface area (Å²) in [7, 11) is 0. The molecule has 1 aliphatic carbocycles. The lowest BCUT2D eigenvalue weighted by Gasteiger charge is -2.21. The summed E-state index contributed by atoms with van der Waals surface area (Å²) in [6.07, 6.45) is 18.7. The number of aryl methyl sites for hydroxylation is 1. The zero-order valence-electron chi connectivity index (χ0n) is 17.5. The fourth-order valence-corrected chi connectivity index (χ4v) is 3.95. The molecule has 151 valence electrons. The van der Waals surface area contributed by atoms with E-state index in [-0.39, 0.29) is 0 Å². The molecule has 0 spiro atoms. The van der Waals surface area contributed by atoms with Crippen LogP contribution in [0.4, 0.5) is 0 Å². The van der Waals surface area contributed by atoms with E-state index in [2.05, 4.69) is 54.7 Å². The maximum Gasteiger partial charge on any atom is 0.119 e. The fourth-order valence-electron chi connectivity index (χ4n) is 3.95. The highest BCUT2D eigenvalue weighted by molar-refractivity contribution is 5.60. The lowest BCUT2D eigenvalue weighted by atomic mass is 9.90. The Balaban J connectivity index is 1.43. The molecule has 1 heterocycles. The molecule has 2 nitrogen and oxygen atoms in total. The van der Waals surface area contributed by atoms with Gasteiger partial charge in [0.25, 0.3) is 0 Å². The summed E-state index contributed by atoms with van der Waals surface area (Å²) in [5.74, 6) is 1.68. The van der Waals surface area contributed by atoms with Crippen molar-refractivity contribution >= 4 is 0 Å². The quantitative estimate of drug-likeness (QED) is 0.379. The smallest absolute Gasteiger partial charge is 0.119 e. The van der Waals surface area contributed by atoms with Crippen LogP contribution in [-0.2, 0) is 6.42 Å². The Labute approximate surface area is 171 Å². The van der Waals surface area contributed by atoms with Crippen LogP contribution in [0.25, 0.3) is 11.3 Å². The maximum atomic E-state index is 6.00. The van der Waals surface area contributed by atoms with Gasteiger partial charge in [0, 0.05) is 11.8 Å². The maximum absolute atomic E-state index is 6.00. The van der Waals surface area contributed by atoms with E-state index in [1.807, 2.05) is 6.20 Å². The van der Waals surface area contributed by atoms with E-state index in [0.717, 1.165) is 30.0 Å². The van der Waals surface area contributed by atoms with Gasteiger partial charge in [-0.25, -0.2) is 0 Å². The molecule has 28 heavy (non-hydrogen) atoms. The minimum Gasteiger partial charge on any atom is -0.493 e. The van der Waals surface area contributed by atoms with E-state index in [0.29, 0.717) is 5.92 Å². The van der Waals surface area contributed by atoms with Gasteiger partial charge in [-0.15, -0.1) is 0 Å². The van der Waals surface area contributed by atoms with Gasteiger partial charge in [0.2, 0.25) is 0 Å². The highest BCUT2D eigenvalue weighted by atomic mass is 16.5. The number of benzene rings is 1. The van der Waals surface area contributed by atoms with Crippen LogP contribution in [0.1, 0.15) is 76.7 Å². The monoisotopic (exact) mass is 378 g/mol. The fraction of sp³-hybridized carbons (Fsp3) is 0.538. The molecule has 0 amide bonds. The van der Waals surface area contributed by atoms with Crippen molar-refractivity contribution in [3.05, 3.63) is 54.6 Å². The van der Waals surface area contributed by atoms with Crippen LogP contribution in [0, 0.1) is 12.3 Å². The molecule has 0 saturated heterocycles. The standard InChI is InChI=1S/C26H36NO/c1-2-3-4-5-6-8-11-22-14-19-26(27-20-22)24-15-17-25(18-16-24)28-21-23-12-9-7-10-13-23/h7,14-20,23H,2-6,8-13,21H2,1H3. The van der Waals surface area contributed by atoms with Gasteiger partial charge >= 0.3 is 0 Å². The number of unbranched alkanes of at least 4 members (excludes halogenated alkanes) is 5. The van der Waals surface area contributed by atoms with Gasteiger partial charge in [-0.05, 0) is 86.8 Å². The Morgan fingerprint density at radius 2 is 1.64 bits per heavy atom. The third-order valence-electron chi connectivity index (χ3n) is 5.84. The second-order valence-electron chi connectivity index (χ2n) is 8.21. The summed E-state index contributed by atoms with van der Waals surface area (Å²) in [4.78, 5) is 4.68. The first-order valence-corrected chi connectivity index (χ1v) is 11.3. The molecule has 1 aromatic heterocycles. The van der Waals surface area contributed by atoms with Gasteiger partial charge in [0.15, 0.2) is 0 Å². The van der Waals surface area contributed by atoms with E-state index >= 15 is 0 Å². The number of ether oxygens (including phenoxy) is 1. The van der Waals surface area contributed by atoms with Crippen LogP contribution in [0.2, 0.25) is 0 Å². The molecule has 0 aliphatic heterocycles. The van der Waals surface area contributed by atoms with Crippen LogP contribution in [0.15, 0.2) is 42.6 Å². The first-order valence-electron chi connectivity index (χ1n) is 11.3. The van der Waals surface area contributed by atoms with Crippen LogP contribution in [0.5, 0.6) is 5.75 Å². The number of hydrogen-bond donors (Lipinski definition) is 0. The second kappa shape index (κ2) is 11.9. The molecule has 0 bridgehead atoms. The Kier molecular flexibility index (Phi) is 8.87. The topological polar surface area (TPSA) is 22.1 Å². The normalized spacial score (nSPS) is 14.9. The zero-order valence-corrected chi connectivity index (χ0v) is 17.5. The van der Waals surface area contributed by atoms with Crippen molar-refractivity contribution in [2.24, 2.45) is 5.92 Å². The molecule has 2 heteroatoms. The van der Waals surface area contributed by atoms with Crippen molar-refractivity contribution in [3.63, 3.8) is 0 Å². The largest absolute Gasteiger partial charge is 0.493 e. The number of pyridine rings is 1. The lowest BCUT2D eigenvalue weighted by molar-refractivity contribution is 0.221. The molecule has 1 fully saturated rings. The van der Waals surface area contributed by atoms with Gasteiger partial charge in [-0.1, -0.05) is 45.1 Å². The molecule has 1 saturated carbocycles.